The van der Waals surface area contributed by atoms with Crippen molar-refractivity contribution in [3.05, 3.63) is 66.0 Å². The number of methoxy groups -OCH3 is 2. The average molecular weight is 516 g/mol. The van der Waals surface area contributed by atoms with Crippen LogP contribution in [0.3, 0.4) is 0 Å². The van der Waals surface area contributed by atoms with Crippen LogP contribution < -0.4 is 9.47 Å². The molecule has 0 fully saturated rings. The first kappa shape index (κ1) is 25.3. The SMILES string of the molecule is COc1cccc(OC)c1-n1c(CS(=O)(=O)[C@H](C)[C@@H](C)c2ncc(F)cn2)nnc1-c1ccc(C)o1. The molecule has 36 heavy (non-hydrogen) atoms. The Morgan fingerprint density at radius 1 is 1.03 bits per heavy atom. The third kappa shape index (κ3) is 4.81. The van der Waals surface area contributed by atoms with E-state index >= 15 is 0 Å². The third-order valence-electron chi connectivity index (χ3n) is 5.96. The number of halogens is 1. The second-order valence-corrected chi connectivity index (χ2v) is 10.6. The monoisotopic (exact) mass is 515 g/mol. The van der Waals surface area contributed by atoms with E-state index in [1.165, 1.54) is 14.2 Å². The molecule has 0 aliphatic carbocycles. The van der Waals surface area contributed by atoms with Crippen LogP contribution >= 0.6 is 0 Å². The first-order valence-corrected chi connectivity index (χ1v) is 12.8. The maximum absolute atomic E-state index is 13.5. The molecule has 0 aliphatic rings. The predicted octanol–water partition coefficient (Wildman–Crippen LogP) is 3.89. The Kier molecular flexibility index (Phi) is 7.07. The molecule has 0 radical (unpaired) electrons. The molecule has 0 saturated carbocycles. The van der Waals surface area contributed by atoms with Crippen LogP contribution in [-0.2, 0) is 15.6 Å². The Labute approximate surface area is 208 Å². The summed E-state index contributed by atoms with van der Waals surface area (Å²) in [4.78, 5) is 7.89. The number of para-hydroxylation sites is 1. The quantitative estimate of drug-likeness (QED) is 0.327. The lowest BCUT2D eigenvalue weighted by molar-refractivity contribution is 0.390. The van der Waals surface area contributed by atoms with Gasteiger partial charge in [-0.05, 0) is 38.1 Å². The molecule has 190 valence electrons. The maximum Gasteiger partial charge on any atom is 0.204 e. The predicted molar refractivity (Wildman–Crippen MR) is 129 cm³/mol. The van der Waals surface area contributed by atoms with Crippen molar-refractivity contribution in [2.24, 2.45) is 0 Å². The molecule has 4 rings (SSSR count). The molecular weight excluding hydrogens is 489 g/mol. The van der Waals surface area contributed by atoms with Gasteiger partial charge in [0.25, 0.3) is 0 Å². The summed E-state index contributed by atoms with van der Waals surface area (Å²) in [5.41, 5.74) is 0.435. The van der Waals surface area contributed by atoms with Gasteiger partial charge < -0.3 is 13.9 Å². The molecule has 12 heteroatoms. The summed E-state index contributed by atoms with van der Waals surface area (Å²) in [6.45, 7) is 5.04. The number of furan rings is 1. The van der Waals surface area contributed by atoms with Gasteiger partial charge in [0.1, 0.15) is 34.5 Å². The topological polar surface area (TPSA) is 122 Å². The molecule has 10 nitrogen and oxygen atoms in total. The molecule has 3 aromatic heterocycles. The van der Waals surface area contributed by atoms with E-state index < -0.39 is 32.6 Å². The number of aryl methyl sites for hydroxylation is 1. The maximum atomic E-state index is 13.5. The van der Waals surface area contributed by atoms with E-state index in [2.05, 4.69) is 20.2 Å². The van der Waals surface area contributed by atoms with Crippen LogP contribution in [0.25, 0.3) is 17.3 Å². The average Bonchev–Trinajstić information content (AvgIpc) is 3.48. The van der Waals surface area contributed by atoms with E-state index in [4.69, 9.17) is 13.9 Å². The molecule has 0 spiro atoms. The number of hydrogen-bond acceptors (Lipinski definition) is 9. The van der Waals surface area contributed by atoms with E-state index in [1.807, 2.05) is 0 Å². The van der Waals surface area contributed by atoms with Crippen LogP contribution in [0, 0.1) is 12.7 Å². The summed E-state index contributed by atoms with van der Waals surface area (Å²) in [6, 6.07) is 8.71. The number of nitrogens with zero attached hydrogens (tertiary/aromatic N) is 5. The van der Waals surface area contributed by atoms with Gasteiger partial charge in [0.2, 0.25) is 5.82 Å². The minimum atomic E-state index is -3.81. The summed E-state index contributed by atoms with van der Waals surface area (Å²) in [5, 5.41) is 7.58. The fourth-order valence-electron chi connectivity index (χ4n) is 3.80. The van der Waals surface area contributed by atoms with Crippen molar-refractivity contribution in [2.75, 3.05) is 14.2 Å². The Morgan fingerprint density at radius 2 is 1.67 bits per heavy atom. The van der Waals surface area contributed by atoms with E-state index in [-0.39, 0.29) is 11.6 Å². The second kappa shape index (κ2) is 10.1. The molecule has 0 saturated heterocycles. The van der Waals surface area contributed by atoms with Crippen LogP contribution in [0.15, 0.2) is 47.1 Å². The minimum absolute atomic E-state index is 0.140. The van der Waals surface area contributed by atoms with E-state index in [0.29, 0.717) is 34.5 Å². The van der Waals surface area contributed by atoms with Crippen molar-refractivity contribution < 1.29 is 26.7 Å². The smallest absolute Gasteiger partial charge is 0.204 e. The van der Waals surface area contributed by atoms with Gasteiger partial charge in [-0.1, -0.05) is 13.0 Å². The van der Waals surface area contributed by atoms with Gasteiger partial charge in [0.05, 0.1) is 31.9 Å². The van der Waals surface area contributed by atoms with Crippen molar-refractivity contribution in [3.63, 3.8) is 0 Å². The number of aromatic nitrogens is 5. The lowest BCUT2D eigenvalue weighted by Crippen LogP contribution is -2.27. The molecule has 2 atom stereocenters. The van der Waals surface area contributed by atoms with Crippen LogP contribution in [0.2, 0.25) is 0 Å². The molecule has 4 aromatic rings. The molecule has 0 amide bonds. The highest BCUT2D eigenvalue weighted by molar-refractivity contribution is 7.91. The van der Waals surface area contributed by atoms with Gasteiger partial charge in [-0.2, -0.15) is 0 Å². The standard InChI is InChI=1S/C24H26FN5O5S/c1-14-9-10-20(35-14)24-29-28-21(30(24)22-18(33-4)7-6-8-19(22)34-5)13-36(31,32)16(3)15(2)23-26-11-17(25)12-27-23/h6-12,15-16H,13H2,1-5H3/t15-,16-/m1/s1. The zero-order valence-corrected chi connectivity index (χ0v) is 21.3. The van der Waals surface area contributed by atoms with Crippen molar-refractivity contribution in [1.82, 2.24) is 24.7 Å². The van der Waals surface area contributed by atoms with Gasteiger partial charge in [0, 0.05) is 5.92 Å². The van der Waals surface area contributed by atoms with Gasteiger partial charge in [-0.3, -0.25) is 4.57 Å². The fraction of sp³-hybridized carbons (Fsp3) is 0.333. The third-order valence-corrected chi connectivity index (χ3v) is 8.17. The van der Waals surface area contributed by atoms with Gasteiger partial charge >= 0.3 is 0 Å². The van der Waals surface area contributed by atoms with Crippen molar-refractivity contribution >= 4 is 9.84 Å². The largest absolute Gasteiger partial charge is 0.494 e. The molecule has 0 unspecified atom stereocenters. The van der Waals surface area contributed by atoms with Crippen LogP contribution in [0.5, 0.6) is 11.5 Å². The van der Waals surface area contributed by atoms with Crippen molar-refractivity contribution in [1.29, 1.82) is 0 Å². The van der Waals surface area contributed by atoms with Crippen LogP contribution in [-0.4, -0.2) is 52.6 Å². The summed E-state index contributed by atoms with van der Waals surface area (Å²) >= 11 is 0. The highest BCUT2D eigenvalue weighted by Gasteiger charge is 2.33. The molecule has 0 aliphatic heterocycles. The Bertz CT molecular complexity index is 1440. The summed E-state index contributed by atoms with van der Waals surface area (Å²) in [7, 11) is -0.809. The van der Waals surface area contributed by atoms with Crippen molar-refractivity contribution in [2.45, 2.75) is 37.7 Å². The normalized spacial score (nSPS) is 13.4. The lowest BCUT2D eigenvalue weighted by atomic mass is 10.1. The molecular formula is C24H26FN5O5S. The number of benzene rings is 1. The van der Waals surface area contributed by atoms with Crippen LogP contribution in [0.1, 0.15) is 37.2 Å². The van der Waals surface area contributed by atoms with Gasteiger partial charge in [-0.25, -0.2) is 22.8 Å². The first-order valence-electron chi connectivity index (χ1n) is 11.1. The Morgan fingerprint density at radius 3 is 2.22 bits per heavy atom. The number of hydrogen-bond donors (Lipinski definition) is 0. The zero-order valence-electron chi connectivity index (χ0n) is 20.5. The fourth-order valence-corrected chi connectivity index (χ4v) is 5.35. The molecule has 0 bridgehead atoms. The summed E-state index contributed by atoms with van der Waals surface area (Å²) < 4.78 is 58.8. The first-order chi connectivity index (χ1) is 17.2. The number of rotatable bonds is 9. The number of sulfone groups is 1. The van der Waals surface area contributed by atoms with Crippen molar-refractivity contribution in [3.8, 4) is 28.8 Å². The number of ether oxygens (including phenoxy) is 2. The van der Waals surface area contributed by atoms with Crippen LogP contribution in [0.4, 0.5) is 4.39 Å². The summed E-state index contributed by atoms with van der Waals surface area (Å²) in [5.74, 6) is 0.929. The van der Waals surface area contributed by atoms with E-state index in [9.17, 15) is 12.8 Å². The lowest BCUT2D eigenvalue weighted by Gasteiger charge is -2.20. The zero-order chi connectivity index (χ0) is 26.0. The Hall–Kier alpha value is -3.80. The Balaban J connectivity index is 1.81. The van der Waals surface area contributed by atoms with Gasteiger partial charge in [-0.15, -0.1) is 10.2 Å². The van der Waals surface area contributed by atoms with Gasteiger partial charge in [0.15, 0.2) is 27.2 Å². The summed E-state index contributed by atoms with van der Waals surface area (Å²) in [6.07, 6.45) is 2.03. The highest BCUT2D eigenvalue weighted by atomic mass is 32.2. The molecule has 3 heterocycles. The molecule has 0 N–H and O–H groups in total. The second-order valence-electron chi connectivity index (χ2n) is 8.26. The molecule has 1 aromatic carbocycles. The minimum Gasteiger partial charge on any atom is -0.494 e. The van der Waals surface area contributed by atoms with E-state index in [1.54, 1.807) is 55.7 Å². The highest BCUT2D eigenvalue weighted by Crippen LogP contribution is 2.37. The van der Waals surface area contributed by atoms with E-state index in [0.717, 1.165) is 12.4 Å².